The fourth-order valence-electron chi connectivity index (χ4n) is 3.27. The predicted octanol–water partition coefficient (Wildman–Crippen LogP) is 3.69. The zero-order chi connectivity index (χ0) is 22.6. The van der Waals surface area contributed by atoms with E-state index in [1.807, 2.05) is 0 Å². The number of sulfone groups is 1. The van der Waals surface area contributed by atoms with E-state index in [1.54, 1.807) is 32.0 Å². The highest BCUT2D eigenvalue weighted by molar-refractivity contribution is 7.95. The van der Waals surface area contributed by atoms with Crippen molar-refractivity contribution in [1.29, 1.82) is 0 Å². The van der Waals surface area contributed by atoms with Gasteiger partial charge in [0.15, 0.2) is 9.84 Å². The van der Waals surface area contributed by atoms with E-state index in [4.69, 9.17) is 11.6 Å². The van der Waals surface area contributed by atoms with Crippen LogP contribution in [0.1, 0.15) is 19.4 Å². The quantitative estimate of drug-likeness (QED) is 0.661. The first kappa shape index (κ1) is 22.8. The molecule has 2 unspecified atom stereocenters. The van der Waals surface area contributed by atoms with E-state index in [0.717, 1.165) is 23.7 Å². The van der Waals surface area contributed by atoms with E-state index >= 15 is 0 Å². The van der Waals surface area contributed by atoms with Crippen LogP contribution in [0.15, 0.2) is 45.2 Å². The van der Waals surface area contributed by atoms with Gasteiger partial charge >= 0.3 is 5.97 Å². The van der Waals surface area contributed by atoms with E-state index in [1.165, 1.54) is 13.0 Å². The van der Waals surface area contributed by atoms with Crippen molar-refractivity contribution >= 4 is 58.9 Å². The van der Waals surface area contributed by atoms with Gasteiger partial charge in [0.2, 0.25) is 0 Å². The Bertz CT molecular complexity index is 1340. The summed E-state index contributed by atoms with van der Waals surface area (Å²) in [5, 5.41) is 10.8. The fourth-order valence-corrected chi connectivity index (χ4v) is 7.29. The molecular weight excluding hydrogens is 470 g/mol. The number of halogens is 1. The van der Waals surface area contributed by atoms with Crippen LogP contribution >= 0.6 is 22.9 Å². The van der Waals surface area contributed by atoms with Gasteiger partial charge in [0.05, 0.1) is 16.0 Å². The van der Waals surface area contributed by atoms with E-state index in [-0.39, 0.29) is 14.8 Å². The Kier molecular flexibility index (Phi) is 5.60. The Labute approximate surface area is 184 Å². The summed E-state index contributed by atoms with van der Waals surface area (Å²) in [7, 11) is -8.01. The largest absolute Gasteiger partial charge is 0.481 e. The van der Waals surface area contributed by atoms with E-state index in [9.17, 15) is 26.7 Å². The van der Waals surface area contributed by atoms with Crippen molar-refractivity contribution in [2.75, 3.05) is 6.26 Å². The first-order chi connectivity index (χ1) is 13.7. The molecular formula is C19H20ClNO6S3. The van der Waals surface area contributed by atoms with Crippen molar-refractivity contribution in [3.63, 3.8) is 0 Å². The zero-order valence-corrected chi connectivity index (χ0v) is 19.8. The van der Waals surface area contributed by atoms with Crippen LogP contribution in [0.25, 0.3) is 10.1 Å². The lowest BCUT2D eigenvalue weighted by Crippen LogP contribution is -2.38. The van der Waals surface area contributed by atoms with Crippen molar-refractivity contribution in [2.24, 2.45) is 11.3 Å². The molecule has 1 aliphatic carbocycles. The van der Waals surface area contributed by atoms with E-state index < -0.39 is 37.2 Å². The molecule has 7 nitrogen and oxygen atoms in total. The minimum Gasteiger partial charge on any atom is -0.481 e. The van der Waals surface area contributed by atoms with Gasteiger partial charge in [0, 0.05) is 16.0 Å². The molecule has 2 aromatic rings. The normalized spacial score (nSPS) is 22.5. The molecule has 1 aromatic heterocycles. The van der Waals surface area contributed by atoms with E-state index in [0.29, 0.717) is 20.7 Å². The first-order valence-electron chi connectivity index (χ1n) is 8.77. The van der Waals surface area contributed by atoms with Crippen molar-refractivity contribution in [1.82, 2.24) is 4.72 Å². The van der Waals surface area contributed by atoms with Crippen LogP contribution in [-0.2, 0) is 24.7 Å². The predicted molar refractivity (Wildman–Crippen MR) is 118 cm³/mol. The molecule has 0 radical (unpaired) electrons. The van der Waals surface area contributed by atoms with Crippen LogP contribution in [-0.4, -0.2) is 34.2 Å². The number of carbonyl (C=O) groups is 1. The molecule has 162 valence electrons. The van der Waals surface area contributed by atoms with Gasteiger partial charge < -0.3 is 5.11 Å². The minimum absolute atomic E-state index is 0.00386. The summed E-state index contributed by atoms with van der Waals surface area (Å²) in [6.45, 7) is 4.62. The lowest BCUT2D eigenvalue weighted by molar-refractivity contribution is -0.146. The third-order valence-electron chi connectivity index (χ3n) is 5.26. The lowest BCUT2D eigenvalue weighted by Gasteiger charge is -2.32. The van der Waals surface area contributed by atoms with E-state index in [2.05, 4.69) is 4.72 Å². The molecule has 30 heavy (non-hydrogen) atoms. The summed E-state index contributed by atoms with van der Waals surface area (Å²) >= 11 is 7.04. The van der Waals surface area contributed by atoms with Crippen molar-refractivity contribution in [3.05, 3.63) is 51.5 Å². The van der Waals surface area contributed by atoms with Crippen LogP contribution in [0.3, 0.4) is 0 Å². The molecule has 0 amide bonds. The van der Waals surface area contributed by atoms with Gasteiger partial charge in [-0.1, -0.05) is 24.6 Å². The maximum Gasteiger partial charge on any atom is 0.313 e. The molecule has 1 aliphatic rings. The highest BCUT2D eigenvalue weighted by Crippen LogP contribution is 2.40. The maximum atomic E-state index is 13.2. The summed E-state index contributed by atoms with van der Waals surface area (Å²) in [6.07, 6.45) is 3.39. The highest BCUT2D eigenvalue weighted by atomic mass is 35.5. The zero-order valence-electron chi connectivity index (χ0n) is 16.6. The van der Waals surface area contributed by atoms with Gasteiger partial charge in [-0.2, -0.15) is 0 Å². The Balaban J connectivity index is 2.15. The molecule has 0 saturated heterocycles. The number of hydrogen-bond acceptors (Lipinski definition) is 6. The fraction of sp³-hybridized carbons (Fsp3) is 0.316. The molecule has 2 N–H and O–H groups in total. The van der Waals surface area contributed by atoms with Crippen LogP contribution < -0.4 is 4.72 Å². The number of aryl methyl sites for hydroxylation is 1. The summed E-state index contributed by atoms with van der Waals surface area (Å²) in [5.74, 6) is -1.86. The van der Waals surface area contributed by atoms with Crippen LogP contribution in [0.2, 0.25) is 5.02 Å². The average molecular weight is 490 g/mol. The number of nitrogens with one attached hydrogen (secondary N) is 1. The molecule has 0 fully saturated rings. The molecule has 0 spiro atoms. The molecule has 2 atom stereocenters. The summed E-state index contributed by atoms with van der Waals surface area (Å²) in [4.78, 5) is 11.6. The summed E-state index contributed by atoms with van der Waals surface area (Å²) in [5.41, 5.74) is -1.27. The first-order valence-corrected chi connectivity index (χ1v) is 13.3. The van der Waals surface area contributed by atoms with Gasteiger partial charge in [0.1, 0.15) is 4.21 Å². The van der Waals surface area contributed by atoms with Crippen molar-refractivity contribution in [2.45, 2.75) is 25.0 Å². The van der Waals surface area contributed by atoms with Crippen molar-refractivity contribution in [3.8, 4) is 0 Å². The molecule has 0 bridgehead atoms. The van der Waals surface area contributed by atoms with Crippen LogP contribution in [0.4, 0.5) is 0 Å². The number of carboxylic acid groups (broad SMARTS) is 1. The van der Waals surface area contributed by atoms with Gasteiger partial charge in [-0.25, -0.2) is 16.8 Å². The van der Waals surface area contributed by atoms with Gasteiger partial charge in [-0.15, -0.1) is 11.3 Å². The topological polar surface area (TPSA) is 118 Å². The lowest BCUT2D eigenvalue weighted by atomic mass is 9.75. The number of thiophene rings is 1. The molecule has 1 aromatic carbocycles. The highest BCUT2D eigenvalue weighted by Gasteiger charge is 2.42. The Morgan fingerprint density at radius 2 is 1.90 bits per heavy atom. The maximum absolute atomic E-state index is 13.2. The SMILES string of the molecule is Cc1c(S(=O)(=O)NC2=CC(C)(C(=O)O)C(C)C=C2S(C)(=O)=O)sc2ccc(Cl)cc12. The second-order valence-corrected chi connectivity index (χ2v) is 12.8. The Hall–Kier alpha value is -1.88. The third kappa shape index (κ3) is 3.89. The number of sulfonamides is 1. The summed E-state index contributed by atoms with van der Waals surface area (Å²) < 4.78 is 53.9. The third-order valence-corrected chi connectivity index (χ3v) is 9.91. The number of hydrogen-bond donors (Lipinski definition) is 2. The summed E-state index contributed by atoms with van der Waals surface area (Å²) in [6, 6.07) is 5.02. The van der Waals surface area contributed by atoms with Gasteiger partial charge in [-0.3, -0.25) is 9.52 Å². The van der Waals surface area contributed by atoms with Gasteiger partial charge in [0.25, 0.3) is 10.0 Å². The molecule has 0 saturated carbocycles. The second-order valence-electron chi connectivity index (χ2n) is 7.50. The van der Waals surface area contributed by atoms with Crippen LogP contribution in [0, 0.1) is 18.3 Å². The Morgan fingerprint density at radius 1 is 1.27 bits per heavy atom. The number of benzene rings is 1. The Morgan fingerprint density at radius 3 is 2.47 bits per heavy atom. The molecule has 11 heteroatoms. The monoisotopic (exact) mass is 489 g/mol. The number of fused-ring (bicyclic) bond motifs is 1. The molecule has 1 heterocycles. The van der Waals surface area contributed by atoms with Gasteiger partial charge in [-0.05, 0) is 55.0 Å². The molecule has 0 aliphatic heterocycles. The molecule has 3 rings (SSSR count). The van der Waals surface area contributed by atoms with Crippen LogP contribution in [0.5, 0.6) is 0 Å². The average Bonchev–Trinajstić information content (AvgIpc) is 2.94. The minimum atomic E-state index is -4.19. The number of rotatable bonds is 5. The number of aliphatic carboxylic acids is 1. The number of allylic oxidation sites excluding steroid dienone is 1. The second kappa shape index (κ2) is 7.37. The standard InChI is InChI=1S/C19H20ClNO6S3/c1-10-7-16(29(4,24)25)14(9-19(10,3)18(22)23)21-30(26,27)17-11(2)13-8-12(20)5-6-15(13)28-17/h5-10,21H,1-4H3,(H,22,23). The number of carboxylic acids is 1. The smallest absolute Gasteiger partial charge is 0.313 e. The van der Waals surface area contributed by atoms with Crippen molar-refractivity contribution < 1.29 is 26.7 Å².